The van der Waals surface area contributed by atoms with Gasteiger partial charge in [0.15, 0.2) is 6.29 Å². The van der Waals surface area contributed by atoms with Gasteiger partial charge in [-0.1, -0.05) is 6.08 Å². The van der Waals surface area contributed by atoms with Crippen LogP contribution in [0.1, 0.15) is 46.5 Å². The van der Waals surface area contributed by atoms with Crippen LogP contribution in [0.2, 0.25) is 0 Å². The number of carbonyl (C=O) groups is 1. The monoisotopic (exact) mass is 254 g/mol. The van der Waals surface area contributed by atoms with Gasteiger partial charge in [-0.25, -0.2) is 0 Å². The highest BCUT2D eigenvalue weighted by atomic mass is 16.7. The van der Waals surface area contributed by atoms with Gasteiger partial charge in [0.05, 0.1) is 0 Å². The lowest BCUT2D eigenvalue weighted by atomic mass is 9.83. The molecular weight excluding hydrogens is 228 g/mol. The topological polar surface area (TPSA) is 35.5 Å². The Labute approximate surface area is 111 Å². The lowest BCUT2D eigenvalue weighted by molar-refractivity contribution is -0.124. The summed E-state index contributed by atoms with van der Waals surface area (Å²) in [5.74, 6) is 1.14. The first-order valence-corrected chi connectivity index (χ1v) is 6.98. The van der Waals surface area contributed by atoms with E-state index in [4.69, 9.17) is 9.47 Å². The zero-order valence-electron chi connectivity index (χ0n) is 11.9. The van der Waals surface area contributed by atoms with Crippen LogP contribution >= 0.6 is 0 Å². The first kappa shape index (κ1) is 15.4. The maximum absolute atomic E-state index is 11.3. The molecule has 0 saturated heterocycles. The average Bonchev–Trinajstić information content (AvgIpc) is 2.88. The molecule has 0 N–H and O–H groups in total. The summed E-state index contributed by atoms with van der Waals surface area (Å²) < 4.78 is 10.1. The Bertz CT molecular complexity index is 281. The molecule has 2 aliphatic rings. The van der Waals surface area contributed by atoms with E-state index in [9.17, 15) is 4.79 Å². The van der Waals surface area contributed by atoms with Gasteiger partial charge in [0.25, 0.3) is 0 Å². The number of allylic oxidation sites excluding steroid dienone is 1. The molecule has 2 bridgehead atoms. The Kier molecular flexibility index (Phi) is 6.03. The molecule has 0 heterocycles. The molecule has 0 spiro atoms. The summed E-state index contributed by atoms with van der Waals surface area (Å²) in [6.07, 6.45) is 6.08. The molecule has 0 aromatic heterocycles. The number of carbonyl (C=O) groups excluding carboxylic acids is 1. The van der Waals surface area contributed by atoms with E-state index in [2.05, 4.69) is 6.58 Å². The normalized spacial score (nSPS) is 29.3. The van der Waals surface area contributed by atoms with Crippen LogP contribution in [-0.4, -0.2) is 25.3 Å². The molecule has 0 amide bonds. The van der Waals surface area contributed by atoms with Gasteiger partial charge in [0.2, 0.25) is 0 Å². The Hall–Kier alpha value is -0.670. The minimum Gasteiger partial charge on any atom is -0.353 e. The quantitative estimate of drug-likeness (QED) is 0.557. The summed E-state index contributed by atoms with van der Waals surface area (Å²) in [6, 6.07) is 0. The first-order valence-electron chi connectivity index (χ1n) is 6.98. The zero-order chi connectivity index (χ0) is 13.6. The highest BCUT2D eigenvalue weighted by Gasteiger charge is 2.49. The van der Waals surface area contributed by atoms with Crippen molar-refractivity contribution in [2.45, 2.75) is 52.7 Å². The number of ether oxygens (including phenoxy) is 2. The Morgan fingerprint density at radius 2 is 2.06 bits per heavy atom. The maximum atomic E-state index is 11.3. The summed E-state index contributed by atoms with van der Waals surface area (Å²) >= 11 is 0. The maximum Gasteiger partial charge on any atom is 0.154 e. The van der Waals surface area contributed by atoms with Crippen LogP contribution in [0.4, 0.5) is 0 Å². The predicted octanol–water partition coefficient (Wildman–Crippen LogP) is 3.34. The molecule has 18 heavy (non-hydrogen) atoms. The van der Waals surface area contributed by atoms with E-state index < -0.39 is 0 Å². The molecule has 2 saturated carbocycles. The highest BCUT2D eigenvalue weighted by Crippen LogP contribution is 2.52. The summed E-state index contributed by atoms with van der Waals surface area (Å²) in [6.45, 7) is 11.0. The van der Waals surface area contributed by atoms with Crippen LogP contribution in [0.5, 0.6) is 0 Å². The van der Waals surface area contributed by atoms with E-state index >= 15 is 0 Å². The van der Waals surface area contributed by atoms with E-state index in [1.165, 1.54) is 6.42 Å². The van der Waals surface area contributed by atoms with Crippen LogP contribution in [0.25, 0.3) is 0 Å². The van der Waals surface area contributed by atoms with Crippen molar-refractivity contribution in [2.75, 3.05) is 13.2 Å². The van der Waals surface area contributed by atoms with Crippen LogP contribution in [0.3, 0.4) is 0 Å². The van der Waals surface area contributed by atoms with E-state index in [1.807, 2.05) is 26.8 Å². The molecule has 0 aliphatic heterocycles. The number of hydrogen-bond donors (Lipinski definition) is 0. The first-order chi connectivity index (χ1) is 8.57. The number of fused-ring (bicyclic) bond motifs is 2. The van der Waals surface area contributed by atoms with Gasteiger partial charge in [-0.3, -0.25) is 4.79 Å². The zero-order valence-corrected chi connectivity index (χ0v) is 11.9. The van der Waals surface area contributed by atoms with Gasteiger partial charge in [-0.15, -0.1) is 6.58 Å². The SMILES string of the molecule is C=CC12CCC(CC1=O)C2.CCOC(C)OCC. The van der Waals surface area contributed by atoms with Crippen LogP contribution in [-0.2, 0) is 14.3 Å². The molecular formula is C15H26O3. The van der Waals surface area contributed by atoms with Gasteiger partial charge in [0, 0.05) is 25.0 Å². The van der Waals surface area contributed by atoms with E-state index in [-0.39, 0.29) is 11.7 Å². The molecule has 2 fully saturated rings. The summed E-state index contributed by atoms with van der Waals surface area (Å²) in [5.41, 5.74) is -0.0648. The van der Waals surface area contributed by atoms with Crippen molar-refractivity contribution in [3.8, 4) is 0 Å². The third kappa shape index (κ3) is 3.66. The van der Waals surface area contributed by atoms with Crippen molar-refractivity contribution in [3.63, 3.8) is 0 Å². The van der Waals surface area contributed by atoms with Crippen LogP contribution in [0.15, 0.2) is 12.7 Å². The Morgan fingerprint density at radius 3 is 2.33 bits per heavy atom. The van der Waals surface area contributed by atoms with Gasteiger partial charge >= 0.3 is 0 Å². The fourth-order valence-corrected chi connectivity index (χ4v) is 2.89. The molecule has 0 aromatic rings. The standard InChI is InChI=1S/C9H12O.C6H14O2/c1-2-9-4-3-7(6-9)5-8(9)10;1-4-7-6(3)8-5-2/h2,7H,1,3-6H2;6H,4-5H2,1-3H3. The van der Waals surface area contributed by atoms with Crippen LogP contribution in [0, 0.1) is 11.3 Å². The molecule has 2 aliphatic carbocycles. The largest absolute Gasteiger partial charge is 0.353 e. The number of rotatable bonds is 5. The number of hydrogen-bond acceptors (Lipinski definition) is 3. The predicted molar refractivity (Wildman–Crippen MR) is 72.3 cm³/mol. The third-order valence-corrected chi connectivity index (χ3v) is 3.87. The lowest BCUT2D eigenvalue weighted by Crippen LogP contribution is -2.21. The van der Waals surface area contributed by atoms with Crippen molar-refractivity contribution in [1.29, 1.82) is 0 Å². The molecule has 3 nitrogen and oxygen atoms in total. The van der Waals surface area contributed by atoms with Gasteiger partial charge < -0.3 is 9.47 Å². The van der Waals surface area contributed by atoms with E-state index in [1.54, 1.807) is 0 Å². The molecule has 0 aromatic carbocycles. The third-order valence-electron chi connectivity index (χ3n) is 3.87. The van der Waals surface area contributed by atoms with Crippen molar-refractivity contribution in [1.82, 2.24) is 0 Å². The molecule has 3 heteroatoms. The Morgan fingerprint density at radius 1 is 1.44 bits per heavy atom. The average molecular weight is 254 g/mol. The second-order valence-electron chi connectivity index (χ2n) is 5.07. The van der Waals surface area contributed by atoms with Gasteiger partial charge in [0.1, 0.15) is 5.78 Å². The summed E-state index contributed by atoms with van der Waals surface area (Å²) in [5, 5.41) is 0. The van der Waals surface area contributed by atoms with E-state index in [0.717, 1.165) is 32.5 Å². The Balaban J connectivity index is 0.000000187. The van der Waals surface area contributed by atoms with Crippen molar-refractivity contribution in [2.24, 2.45) is 11.3 Å². The molecule has 104 valence electrons. The van der Waals surface area contributed by atoms with E-state index in [0.29, 0.717) is 11.7 Å². The minimum atomic E-state index is -0.0648. The fourth-order valence-electron chi connectivity index (χ4n) is 2.89. The lowest BCUT2D eigenvalue weighted by Gasteiger charge is -2.19. The summed E-state index contributed by atoms with van der Waals surface area (Å²) in [4.78, 5) is 11.3. The smallest absolute Gasteiger partial charge is 0.154 e. The van der Waals surface area contributed by atoms with Crippen molar-refractivity contribution < 1.29 is 14.3 Å². The van der Waals surface area contributed by atoms with Gasteiger partial charge in [-0.2, -0.15) is 0 Å². The number of ketones is 1. The molecule has 2 rings (SSSR count). The van der Waals surface area contributed by atoms with Gasteiger partial charge in [-0.05, 0) is 46.0 Å². The highest BCUT2D eigenvalue weighted by molar-refractivity contribution is 5.89. The second-order valence-corrected chi connectivity index (χ2v) is 5.07. The van der Waals surface area contributed by atoms with Crippen LogP contribution < -0.4 is 0 Å². The molecule has 2 unspecified atom stereocenters. The second kappa shape index (κ2) is 7.05. The van der Waals surface area contributed by atoms with Crippen molar-refractivity contribution >= 4 is 5.78 Å². The minimum absolute atomic E-state index is 0.0370. The number of Topliss-reactive ketones (excluding diaryl/α,β-unsaturated/α-hetero) is 1. The summed E-state index contributed by atoms with van der Waals surface area (Å²) in [7, 11) is 0. The molecule has 2 atom stereocenters. The van der Waals surface area contributed by atoms with Crippen molar-refractivity contribution in [3.05, 3.63) is 12.7 Å². The molecule has 0 radical (unpaired) electrons. The fraction of sp³-hybridized carbons (Fsp3) is 0.800.